The molecule has 1 aliphatic heterocycles. The molecule has 178 valence electrons. The molecule has 2 amide bonds. The lowest BCUT2D eigenvalue weighted by atomic mass is 9.94. The van der Waals surface area contributed by atoms with Crippen LogP contribution in [0.5, 0.6) is 11.5 Å². The fourth-order valence-corrected chi connectivity index (χ4v) is 3.98. The highest BCUT2D eigenvalue weighted by Crippen LogP contribution is 2.38. The van der Waals surface area contributed by atoms with Crippen molar-refractivity contribution in [1.29, 1.82) is 0 Å². The van der Waals surface area contributed by atoms with Gasteiger partial charge in [0.1, 0.15) is 5.75 Å². The van der Waals surface area contributed by atoms with Gasteiger partial charge in [-0.3, -0.25) is 4.90 Å². The number of carbonyl (C=O) groups excluding carboxylic acids is 1. The number of allylic oxidation sites excluding steroid dienone is 1. The normalized spacial score (nSPS) is 16.0. The first-order chi connectivity index (χ1) is 16.5. The summed E-state index contributed by atoms with van der Waals surface area (Å²) in [5.74, 6) is 0.842. The predicted octanol–water partition coefficient (Wildman–Crippen LogP) is 5.19. The lowest BCUT2D eigenvalue weighted by Crippen LogP contribution is -2.46. The fraction of sp³-hybridized carbons (Fsp3) is 0.320. The van der Waals surface area contributed by atoms with Gasteiger partial charge in [-0.2, -0.15) is 4.98 Å². The highest BCUT2D eigenvalue weighted by molar-refractivity contribution is 5.86. The van der Waals surface area contributed by atoms with Crippen LogP contribution in [0.2, 0.25) is 0 Å². The van der Waals surface area contributed by atoms with Gasteiger partial charge in [0.05, 0.1) is 25.3 Å². The second kappa shape index (κ2) is 9.94. The number of nitrogens with one attached hydrogen (secondary N) is 1. The number of benzene rings is 2. The number of amides is 2. The van der Waals surface area contributed by atoms with E-state index in [0.717, 1.165) is 23.4 Å². The number of halogens is 1. The Balaban J connectivity index is 1.76. The van der Waals surface area contributed by atoms with Crippen molar-refractivity contribution in [2.24, 2.45) is 0 Å². The molecule has 8 nitrogen and oxygen atoms in total. The Bertz CT molecular complexity index is 1210. The first-order valence-corrected chi connectivity index (χ1v) is 11.2. The lowest BCUT2D eigenvalue weighted by molar-refractivity contribution is 0.205. The Kier molecular flexibility index (Phi) is 6.81. The first-order valence-electron chi connectivity index (χ1n) is 11.2. The Morgan fingerprint density at radius 2 is 1.94 bits per heavy atom. The van der Waals surface area contributed by atoms with Crippen molar-refractivity contribution in [3.05, 3.63) is 65.4 Å². The Morgan fingerprint density at radius 1 is 1.18 bits per heavy atom. The van der Waals surface area contributed by atoms with Crippen LogP contribution in [0, 0.1) is 5.82 Å². The summed E-state index contributed by atoms with van der Waals surface area (Å²) in [6.07, 6.45) is 0.784. The molecule has 2 aromatic carbocycles. The molecule has 34 heavy (non-hydrogen) atoms. The van der Waals surface area contributed by atoms with Crippen LogP contribution in [0.1, 0.15) is 44.7 Å². The summed E-state index contributed by atoms with van der Waals surface area (Å²) >= 11 is 0. The Hall–Kier alpha value is -3.88. The van der Waals surface area contributed by atoms with E-state index in [1.165, 1.54) is 19.2 Å². The van der Waals surface area contributed by atoms with Gasteiger partial charge in [0.2, 0.25) is 5.82 Å². The van der Waals surface area contributed by atoms with Gasteiger partial charge < -0.3 is 19.3 Å². The van der Waals surface area contributed by atoms with Crippen LogP contribution in [0.3, 0.4) is 0 Å². The molecule has 0 fully saturated rings. The van der Waals surface area contributed by atoms with Crippen LogP contribution >= 0.6 is 0 Å². The predicted molar refractivity (Wildman–Crippen MR) is 125 cm³/mol. The standard InChI is InChI=1S/C25H27FN4O4/c1-5-13-30-15(3)21(22(27-25(30)31)16-7-10-18(11-8-16)33-6-2)24-28-23(29-34-24)17-9-12-20(32-4)19(26)14-17/h7-12,14,22H,5-6,13H2,1-4H3,(H,27,31). The van der Waals surface area contributed by atoms with E-state index in [1.807, 2.05) is 45.0 Å². The number of urea groups is 1. The van der Waals surface area contributed by atoms with Gasteiger partial charge in [-0.05, 0) is 56.2 Å². The molecule has 0 aliphatic carbocycles. The molecule has 0 radical (unpaired) electrons. The van der Waals surface area contributed by atoms with Crippen molar-refractivity contribution in [2.75, 3.05) is 20.3 Å². The van der Waals surface area contributed by atoms with Gasteiger partial charge in [-0.15, -0.1) is 0 Å². The van der Waals surface area contributed by atoms with E-state index >= 15 is 0 Å². The number of methoxy groups -OCH3 is 1. The summed E-state index contributed by atoms with van der Waals surface area (Å²) < 4.78 is 30.4. The zero-order valence-electron chi connectivity index (χ0n) is 19.6. The van der Waals surface area contributed by atoms with Crippen molar-refractivity contribution >= 4 is 11.6 Å². The van der Waals surface area contributed by atoms with Crippen LogP contribution in [0.4, 0.5) is 9.18 Å². The van der Waals surface area contributed by atoms with Gasteiger partial charge in [-0.1, -0.05) is 24.2 Å². The van der Waals surface area contributed by atoms with E-state index in [1.54, 1.807) is 11.0 Å². The molecule has 0 spiro atoms. The number of ether oxygens (including phenoxy) is 2. The third-order valence-corrected chi connectivity index (χ3v) is 5.63. The second-order valence-electron chi connectivity index (χ2n) is 7.81. The summed E-state index contributed by atoms with van der Waals surface area (Å²) in [5, 5.41) is 7.13. The number of carbonyl (C=O) groups is 1. The molecule has 1 unspecified atom stereocenters. The SMILES string of the molecule is CCCN1C(=O)NC(c2ccc(OCC)cc2)C(c2nc(-c3ccc(OC)c(F)c3)no2)=C1C. The fourth-order valence-electron chi connectivity index (χ4n) is 3.98. The van der Waals surface area contributed by atoms with Crippen molar-refractivity contribution in [3.8, 4) is 22.9 Å². The summed E-state index contributed by atoms with van der Waals surface area (Å²) in [5.41, 5.74) is 2.71. The minimum absolute atomic E-state index is 0.131. The Morgan fingerprint density at radius 3 is 2.59 bits per heavy atom. The van der Waals surface area contributed by atoms with E-state index in [0.29, 0.717) is 24.3 Å². The lowest BCUT2D eigenvalue weighted by Gasteiger charge is -2.35. The maximum Gasteiger partial charge on any atom is 0.322 e. The molecular formula is C25H27FN4O4. The molecule has 2 heterocycles. The molecule has 1 N–H and O–H groups in total. The molecule has 0 bridgehead atoms. The molecule has 0 saturated heterocycles. The number of aromatic nitrogens is 2. The number of hydrogen-bond acceptors (Lipinski definition) is 6. The number of nitrogens with zero attached hydrogens (tertiary/aromatic N) is 3. The summed E-state index contributed by atoms with van der Waals surface area (Å²) in [6, 6.07) is 11.3. The van der Waals surface area contributed by atoms with Crippen LogP contribution in [-0.4, -0.2) is 41.3 Å². The van der Waals surface area contributed by atoms with Gasteiger partial charge in [0.15, 0.2) is 11.6 Å². The zero-order valence-corrected chi connectivity index (χ0v) is 19.6. The van der Waals surface area contributed by atoms with E-state index in [9.17, 15) is 9.18 Å². The number of hydrogen-bond donors (Lipinski definition) is 1. The molecule has 9 heteroatoms. The molecular weight excluding hydrogens is 439 g/mol. The van der Waals surface area contributed by atoms with E-state index in [2.05, 4.69) is 15.5 Å². The topological polar surface area (TPSA) is 89.7 Å². The number of rotatable bonds is 8. The van der Waals surface area contributed by atoms with Crippen LogP contribution in [-0.2, 0) is 0 Å². The minimum atomic E-state index is -0.520. The van der Waals surface area contributed by atoms with Crippen molar-refractivity contribution in [2.45, 2.75) is 33.2 Å². The molecule has 0 saturated carbocycles. The van der Waals surface area contributed by atoms with Gasteiger partial charge in [-0.25, -0.2) is 9.18 Å². The quantitative estimate of drug-likeness (QED) is 0.491. The third-order valence-electron chi connectivity index (χ3n) is 5.63. The molecule has 4 rings (SSSR count). The Labute approximate surface area is 197 Å². The zero-order chi connectivity index (χ0) is 24.2. The largest absolute Gasteiger partial charge is 0.494 e. The van der Waals surface area contributed by atoms with E-state index in [4.69, 9.17) is 14.0 Å². The van der Waals surface area contributed by atoms with Crippen LogP contribution < -0.4 is 14.8 Å². The summed E-state index contributed by atoms with van der Waals surface area (Å²) in [4.78, 5) is 19.1. The van der Waals surface area contributed by atoms with Crippen molar-refractivity contribution in [1.82, 2.24) is 20.4 Å². The first kappa shape index (κ1) is 23.3. The highest BCUT2D eigenvalue weighted by atomic mass is 19.1. The average Bonchev–Trinajstić information content (AvgIpc) is 3.32. The molecule has 1 aliphatic rings. The summed E-state index contributed by atoms with van der Waals surface area (Å²) in [6.45, 7) is 6.89. The monoisotopic (exact) mass is 466 g/mol. The summed E-state index contributed by atoms with van der Waals surface area (Å²) in [7, 11) is 1.40. The van der Waals surface area contributed by atoms with Crippen molar-refractivity contribution in [3.63, 3.8) is 0 Å². The van der Waals surface area contributed by atoms with Gasteiger partial charge in [0, 0.05) is 17.8 Å². The van der Waals surface area contributed by atoms with Crippen molar-refractivity contribution < 1.29 is 23.2 Å². The second-order valence-corrected chi connectivity index (χ2v) is 7.81. The molecule has 1 atom stereocenters. The van der Waals surface area contributed by atoms with Crippen LogP contribution in [0.25, 0.3) is 17.0 Å². The molecule has 1 aromatic heterocycles. The highest BCUT2D eigenvalue weighted by Gasteiger charge is 2.35. The maximum absolute atomic E-state index is 14.2. The minimum Gasteiger partial charge on any atom is -0.494 e. The third kappa shape index (κ3) is 4.46. The van der Waals surface area contributed by atoms with Gasteiger partial charge in [0.25, 0.3) is 5.89 Å². The van der Waals surface area contributed by atoms with Gasteiger partial charge >= 0.3 is 6.03 Å². The molecule has 3 aromatic rings. The van der Waals surface area contributed by atoms with Crippen LogP contribution in [0.15, 0.2) is 52.7 Å². The van der Waals surface area contributed by atoms with E-state index < -0.39 is 11.9 Å². The maximum atomic E-state index is 14.2. The smallest absolute Gasteiger partial charge is 0.322 e. The van der Waals surface area contributed by atoms with E-state index in [-0.39, 0.29) is 23.5 Å². The average molecular weight is 467 g/mol.